The van der Waals surface area contributed by atoms with Crippen LogP contribution in [-0.4, -0.2) is 64.7 Å². The van der Waals surface area contributed by atoms with Crippen LogP contribution >= 0.6 is 11.3 Å². The lowest BCUT2D eigenvalue weighted by atomic mass is 10.0. The second kappa shape index (κ2) is 12.2. The maximum atomic E-state index is 13.7. The summed E-state index contributed by atoms with van der Waals surface area (Å²) >= 11 is 0.984. The fraction of sp³-hybridized carbons (Fsp3) is 0.480. The number of nitro groups is 1. The summed E-state index contributed by atoms with van der Waals surface area (Å²) in [4.78, 5) is 50.4. The Morgan fingerprint density at radius 2 is 1.90 bits per heavy atom. The topological polar surface area (TPSA) is 167 Å². The van der Waals surface area contributed by atoms with Crippen molar-refractivity contribution in [2.75, 3.05) is 13.1 Å². The minimum atomic E-state index is -4.14. The molecule has 0 radical (unpaired) electrons. The van der Waals surface area contributed by atoms with Crippen molar-refractivity contribution in [3.63, 3.8) is 0 Å². The Labute approximate surface area is 229 Å². The van der Waals surface area contributed by atoms with Crippen LogP contribution in [-0.2, 0) is 24.4 Å². The average Bonchev–Trinajstić information content (AvgIpc) is 3.68. The molecular weight excluding hydrogens is 548 g/mol. The zero-order valence-electron chi connectivity index (χ0n) is 21.1. The molecule has 1 aliphatic carbocycles. The fourth-order valence-corrected chi connectivity index (χ4v) is 7.88. The third-order valence-electron chi connectivity index (χ3n) is 7.16. The molecule has 2 atom stereocenters. The van der Waals surface area contributed by atoms with Crippen LogP contribution in [0.25, 0.3) is 0 Å². The van der Waals surface area contributed by atoms with Gasteiger partial charge in [0.25, 0.3) is 21.6 Å². The number of nitrogens with one attached hydrogen (secondary N) is 1. The first-order chi connectivity index (χ1) is 18.6. The van der Waals surface area contributed by atoms with Crippen molar-refractivity contribution in [1.82, 2.24) is 14.5 Å². The average molecular weight is 579 g/mol. The van der Waals surface area contributed by atoms with Gasteiger partial charge in [-0.25, -0.2) is 8.42 Å². The summed E-state index contributed by atoms with van der Waals surface area (Å²) < 4.78 is 27.9. The van der Waals surface area contributed by atoms with Gasteiger partial charge in [0.1, 0.15) is 4.21 Å². The van der Waals surface area contributed by atoms with E-state index in [0.29, 0.717) is 12.3 Å². The minimum Gasteiger partial charge on any atom is -0.481 e. The van der Waals surface area contributed by atoms with Gasteiger partial charge in [0.15, 0.2) is 6.17 Å². The summed E-state index contributed by atoms with van der Waals surface area (Å²) in [6.45, 7) is -0.0967. The molecule has 2 aromatic rings. The first-order valence-electron chi connectivity index (χ1n) is 12.7. The zero-order valence-corrected chi connectivity index (χ0v) is 22.7. The lowest BCUT2D eigenvalue weighted by Gasteiger charge is -2.30. The Hall–Kier alpha value is -3.36. The molecule has 12 nitrogen and oxygen atoms in total. The highest BCUT2D eigenvalue weighted by Crippen LogP contribution is 2.32. The summed E-state index contributed by atoms with van der Waals surface area (Å²) in [5, 5.41) is 24.9. The van der Waals surface area contributed by atoms with Crippen LogP contribution < -0.4 is 5.32 Å². The first kappa shape index (κ1) is 28.6. The molecule has 1 aromatic heterocycles. The number of hydrogen-bond acceptors (Lipinski definition) is 8. The number of carbonyl (C=O) groups excluding carboxylic acids is 2. The Morgan fingerprint density at radius 1 is 1.15 bits per heavy atom. The number of hydrogen-bond donors (Lipinski definition) is 2. The number of carboxylic acid groups (broad SMARTS) is 1. The highest BCUT2D eigenvalue weighted by molar-refractivity contribution is 7.91. The molecule has 2 unspecified atom stereocenters. The molecule has 0 bridgehead atoms. The van der Waals surface area contributed by atoms with E-state index in [2.05, 4.69) is 5.32 Å². The second-order valence-corrected chi connectivity index (χ2v) is 12.8. The van der Waals surface area contributed by atoms with E-state index in [1.54, 1.807) is 11.4 Å². The zero-order chi connectivity index (χ0) is 28.2. The van der Waals surface area contributed by atoms with Crippen molar-refractivity contribution in [2.24, 2.45) is 5.92 Å². The molecule has 2 fully saturated rings. The number of nitro benzene ring substituents is 1. The molecule has 1 saturated carbocycles. The first-order valence-corrected chi connectivity index (χ1v) is 15.0. The van der Waals surface area contributed by atoms with Crippen molar-refractivity contribution in [3.05, 3.63) is 57.5 Å². The maximum absolute atomic E-state index is 13.7. The molecule has 1 aliphatic heterocycles. The van der Waals surface area contributed by atoms with Gasteiger partial charge in [-0.15, -0.1) is 11.3 Å². The normalized spacial score (nSPS) is 19.2. The molecule has 2 heterocycles. The van der Waals surface area contributed by atoms with E-state index in [0.717, 1.165) is 47.4 Å². The fourth-order valence-electron chi connectivity index (χ4n) is 5.22. The number of nitrogens with zero attached hydrogens (tertiary/aromatic N) is 3. The van der Waals surface area contributed by atoms with Gasteiger partial charge >= 0.3 is 5.97 Å². The van der Waals surface area contributed by atoms with E-state index in [4.69, 9.17) is 0 Å². The van der Waals surface area contributed by atoms with Gasteiger partial charge in [-0.1, -0.05) is 43.9 Å². The molecular formula is C25H30N4O8S2. The molecule has 2 amide bonds. The predicted molar refractivity (Wildman–Crippen MR) is 141 cm³/mol. The molecule has 210 valence electrons. The molecule has 2 N–H and O–H groups in total. The van der Waals surface area contributed by atoms with Crippen molar-refractivity contribution < 1.29 is 32.8 Å². The summed E-state index contributed by atoms with van der Waals surface area (Å²) in [5.41, 5.74) is -0.117. The second-order valence-electron chi connectivity index (χ2n) is 9.71. The van der Waals surface area contributed by atoms with Crippen LogP contribution in [0.3, 0.4) is 0 Å². The van der Waals surface area contributed by atoms with Crippen LogP contribution in [0.15, 0.2) is 46.0 Å². The lowest BCUT2D eigenvalue weighted by Crippen LogP contribution is -2.54. The molecule has 14 heteroatoms. The van der Waals surface area contributed by atoms with E-state index < -0.39 is 45.5 Å². The van der Waals surface area contributed by atoms with E-state index in [1.807, 2.05) is 0 Å². The number of amides is 2. The minimum absolute atomic E-state index is 0.00655. The van der Waals surface area contributed by atoms with Gasteiger partial charge in [0.2, 0.25) is 5.91 Å². The largest absolute Gasteiger partial charge is 0.481 e. The number of benzene rings is 1. The Balaban J connectivity index is 1.62. The number of carboxylic acids is 1. The standard InChI is InChI=1S/C25H30N4O8S2/c30-21(11-10-17-5-1-2-6-17)27-12-13-28(39(36,37)23-9-4-14-38-23)25(27)24(33)26-20(16-22(31)32)18-7-3-8-19(15-18)29(34)35/h3-4,7-9,14-15,17,20,25H,1-2,5-6,10-13,16H2,(H,26,33)(H,31,32). The third-order valence-corrected chi connectivity index (χ3v) is 10.4. The molecule has 39 heavy (non-hydrogen) atoms. The summed E-state index contributed by atoms with van der Waals surface area (Å²) in [5.74, 6) is -2.08. The highest BCUT2D eigenvalue weighted by Gasteiger charge is 2.47. The Bertz CT molecular complexity index is 1330. The van der Waals surface area contributed by atoms with Gasteiger partial charge in [-0.3, -0.25) is 24.5 Å². The van der Waals surface area contributed by atoms with Gasteiger partial charge < -0.3 is 15.3 Å². The summed E-state index contributed by atoms with van der Waals surface area (Å²) in [6.07, 6.45) is 3.00. The van der Waals surface area contributed by atoms with Crippen LogP contribution in [0.2, 0.25) is 0 Å². The molecule has 1 aromatic carbocycles. The van der Waals surface area contributed by atoms with E-state index >= 15 is 0 Å². The summed E-state index contributed by atoms with van der Waals surface area (Å²) in [6, 6.07) is 7.00. The van der Waals surface area contributed by atoms with Crippen LogP contribution in [0.4, 0.5) is 5.69 Å². The van der Waals surface area contributed by atoms with Crippen LogP contribution in [0.5, 0.6) is 0 Å². The quantitative estimate of drug-likeness (QED) is 0.303. The van der Waals surface area contributed by atoms with Crippen LogP contribution in [0.1, 0.15) is 56.6 Å². The number of aliphatic carboxylic acids is 1. The molecule has 2 aliphatic rings. The monoisotopic (exact) mass is 578 g/mol. The van der Waals surface area contributed by atoms with Crippen molar-refractivity contribution in [1.29, 1.82) is 0 Å². The van der Waals surface area contributed by atoms with Crippen LogP contribution in [0, 0.1) is 16.0 Å². The van der Waals surface area contributed by atoms with Crippen molar-refractivity contribution in [3.8, 4) is 0 Å². The van der Waals surface area contributed by atoms with E-state index in [1.165, 1.54) is 29.2 Å². The van der Waals surface area contributed by atoms with Crippen molar-refractivity contribution in [2.45, 2.75) is 61.4 Å². The molecule has 1 saturated heterocycles. The van der Waals surface area contributed by atoms with Gasteiger partial charge in [-0.05, 0) is 29.3 Å². The SMILES string of the molecule is O=C(O)CC(NC(=O)C1N(C(=O)CCC2CCCC2)CCN1S(=O)(=O)c1cccs1)c1cccc([N+](=O)[O-])c1. The Morgan fingerprint density at radius 3 is 2.54 bits per heavy atom. The third kappa shape index (κ3) is 6.62. The van der Waals surface area contributed by atoms with E-state index in [-0.39, 0.29) is 40.9 Å². The number of rotatable bonds is 11. The highest BCUT2D eigenvalue weighted by atomic mass is 32.2. The van der Waals surface area contributed by atoms with Gasteiger partial charge in [0.05, 0.1) is 17.4 Å². The number of carbonyl (C=O) groups is 3. The number of sulfonamides is 1. The maximum Gasteiger partial charge on any atom is 0.305 e. The predicted octanol–water partition coefficient (Wildman–Crippen LogP) is 3.12. The number of thiophene rings is 1. The smallest absolute Gasteiger partial charge is 0.305 e. The van der Waals surface area contributed by atoms with E-state index in [9.17, 15) is 38.0 Å². The molecule has 0 spiro atoms. The number of non-ortho nitro benzene ring substituents is 1. The molecule has 4 rings (SSSR count). The van der Waals surface area contributed by atoms with Gasteiger partial charge in [0, 0.05) is 31.6 Å². The lowest BCUT2D eigenvalue weighted by molar-refractivity contribution is -0.384. The van der Waals surface area contributed by atoms with Gasteiger partial charge in [-0.2, -0.15) is 4.31 Å². The van der Waals surface area contributed by atoms with Crippen molar-refractivity contribution >= 4 is 44.8 Å². The Kier molecular flexibility index (Phi) is 8.97. The summed E-state index contributed by atoms with van der Waals surface area (Å²) in [7, 11) is -4.14.